The van der Waals surface area contributed by atoms with Crippen LogP contribution < -0.4 is 14.8 Å². The van der Waals surface area contributed by atoms with Gasteiger partial charge in [-0.1, -0.05) is 44.7 Å². The largest absolute Gasteiger partial charge is 0.493 e. The maximum atomic E-state index is 5.52. The smallest absolute Gasteiger partial charge is 0.161 e. The van der Waals surface area contributed by atoms with Crippen molar-refractivity contribution in [1.29, 1.82) is 0 Å². The summed E-state index contributed by atoms with van der Waals surface area (Å²) in [6.07, 6.45) is 5.90. The molecule has 0 unspecified atom stereocenters. The van der Waals surface area contributed by atoms with Crippen LogP contribution in [0.5, 0.6) is 11.5 Å². The van der Waals surface area contributed by atoms with Gasteiger partial charge in [0.05, 0.1) is 7.11 Å². The maximum Gasteiger partial charge on any atom is 0.161 e. The zero-order chi connectivity index (χ0) is 14.8. The van der Waals surface area contributed by atoms with Gasteiger partial charge < -0.3 is 14.8 Å². The highest BCUT2D eigenvalue weighted by Crippen LogP contribution is 2.28. The third-order valence-corrected chi connectivity index (χ3v) is 2.67. The van der Waals surface area contributed by atoms with Crippen molar-refractivity contribution in [2.75, 3.05) is 26.8 Å². The lowest BCUT2D eigenvalue weighted by molar-refractivity contribution is 0.326. The summed E-state index contributed by atoms with van der Waals surface area (Å²) in [5.74, 6) is 2.15. The highest BCUT2D eigenvalue weighted by molar-refractivity contribution is 5.56. The lowest BCUT2D eigenvalue weighted by atomic mass is 10.2. The molecule has 0 aliphatic heterocycles. The van der Waals surface area contributed by atoms with E-state index in [2.05, 4.69) is 37.9 Å². The minimum absolute atomic E-state index is 0.477. The second kappa shape index (κ2) is 9.21. The van der Waals surface area contributed by atoms with Crippen LogP contribution in [0.3, 0.4) is 0 Å². The van der Waals surface area contributed by atoms with Crippen molar-refractivity contribution >= 4 is 6.08 Å². The monoisotopic (exact) mass is 275 g/mol. The first-order valence-electron chi connectivity index (χ1n) is 6.96. The molecule has 0 atom stereocenters. The summed E-state index contributed by atoms with van der Waals surface area (Å²) in [6.45, 7) is 10.4. The van der Waals surface area contributed by atoms with Gasteiger partial charge in [0.15, 0.2) is 11.5 Å². The van der Waals surface area contributed by atoms with E-state index in [-0.39, 0.29) is 0 Å². The van der Waals surface area contributed by atoms with Gasteiger partial charge in [0.1, 0.15) is 6.61 Å². The molecule has 0 saturated carbocycles. The van der Waals surface area contributed by atoms with Crippen LogP contribution in [0.25, 0.3) is 6.08 Å². The van der Waals surface area contributed by atoms with Gasteiger partial charge in [0, 0.05) is 6.54 Å². The van der Waals surface area contributed by atoms with Gasteiger partial charge in [-0.25, -0.2) is 0 Å². The summed E-state index contributed by atoms with van der Waals surface area (Å²) in [6, 6.07) is 5.90. The van der Waals surface area contributed by atoms with E-state index >= 15 is 0 Å². The Morgan fingerprint density at radius 3 is 2.75 bits per heavy atom. The van der Waals surface area contributed by atoms with Crippen LogP contribution in [0.15, 0.2) is 36.9 Å². The van der Waals surface area contributed by atoms with Crippen LogP contribution >= 0.6 is 0 Å². The Morgan fingerprint density at radius 1 is 1.30 bits per heavy atom. The highest BCUT2D eigenvalue weighted by atomic mass is 16.5. The van der Waals surface area contributed by atoms with Crippen LogP contribution in [0.2, 0.25) is 0 Å². The molecule has 0 aliphatic rings. The van der Waals surface area contributed by atoms with E-state index in [1.807, 2.05) is 18.2 Å². The summed E-state index contributed by atoms with van der Waals surface area (Å²) in [7, 11) is 1.65. The molecule has 1 aromatic rings. The molecule has 0 aromatic heterocycles. The fourth-order valence-corrected chi connectivity index (χ4v) is 1.71. The van der Waals surface area contributed by atoms with Gasteiger partial charge in [-0.15, -0.1) is 0 Å². The van der Waals surface area contributed by atoms with Crippen molar-refractivity contribution < 1.29 is 9.47 Å². The van der Waals surface area contributed by atoms with E-state index in [4.69, 9.17) is 9.47 Å². The molecule has 0 heterocycles. The first-order valence-corrected chi connectivity index (χ1v) is 6.96. The summed E-state index contributed by atoms with van der Waals surface area (Å²) < 4.78 is 10.9. The molecule has 3 heteroatoms. The van der Waals surface area contributed by atoms with Crippen molar-refractivity contribution in [3.05, 3.63) is 42.5 Å². The fourth-order valence-electron chi connectivity index (χ4n) is 1.71. The number of nitrogens with one attached hydrogen (secondary N) is 1. The van der Waals surface area contributed by atoms with Crippen LogP contribution in [0.1, 0.15) is 19.4 Å². The Balaban J connectivity index is 2.58. The van der Waals surface area contributed by atoms with E-state index in [1.165, 1.54) is 0 Å². The first-order chi connectivity index (χ1) is 9.67. The minimum atomic E-state index is 0.477. The molecule has 0 aliphatic carbocycles. The Kier molecular flexibility index (Phi) is 7.51. The number of ether oxygens (including phenoxy) is 2. The number of hydrogen-bond acceptors (Lipinski definition) is 3. The summed E-state index contributed by atoms with van der Waals surface area (Å²) in [4.78, 5) is 0. The third-order valence-electron chi connectivity index (χ3n) is 2.67. The number of benzene rings is 1. The van der Waals surface area contributed by atoms with E-state index < -0.39 is 0 Å². The Hall–Kier alpha value is -1.74. The molecule has 0 radical (unpaired) electrons. The topological polar surface area (TPSA) is 30.5 Å². The molecule has 20 heavy (non-hydrogen) atoms. The molecule has 110 valence electrons. The van der Waals surface area contributed by atoms with Crippen LogP contribution in [0, 0.1) is 5.92 Å². The van der Waals surface area contributed by atoms with Crippen LogP contribution in [0.4, 0.5) is 0 Å². The fraction of sp³-hybridized carbons (Fsp3) is 0.412. The van der Waals surface area contributed by atoms with E-state index in [1.54, 1.807) is 13.2 Å². The Labute approximate surface area is 122 Å². The lowest BCUT2D eigenvalue weighted by Gasteiger charge is -2.09. The summed E-state index contributed by atoms with van der Waals surface area (Å²) in [5.41, 5.74) is 1.10. The molecular formula is C17H25NO2. The molecule has 1 rings (SSSR count). The van der Waals surface area contributed by atoms with Gasteiger partial charge in [0.25, 0.3) is 0 Å². The van der Waals surface area contributed by atoms with Crippen molar-refractivity contribution in [2.45, 2.75) is 13.8 Å². The van der Waals surface area contributed by atoms with Gasteiger partial charge in [-0.2, -0.15) is 0 Å². The quantitative estimate of drug-likeness (QED) is 0.552. The number of hydrogen-bond donors (Lipinski definition) is 1. The predicted molar refractivity (Wildman–Crippen MR) is 85.4 cm³/mol. The second-order valence-electron chi connectivity index (χ2n) is 4.96. The van der Waals surface area contributed by atoms with Gasteiger partial charge in [0.2, 0.25) is 0 Å². The molecule has 0 amide bonds. The van der Waals surface area contributed by atoms with Gasteiger partial charge in [-0.3, -0.25) is 0 Å². The predicted octanol–water partition coefficient (Wildman–Crippen LogP) is 3.52. The highest BCUT2D eigenvalue weighted by Gasteiger charge is 2.03. The lowest BCUT2D eigenvalue weighted by Crippen LogP contribution is -2.19. The van der Waals surface area contributed by atoms with Crippen molar-refractivity contribution in [1.82, 2.24) is 5.32 Å². The van der Waals surface area contributed by atoms with E-state index in [9.17, 15) is 0 Å². The van der Waals surface area contributed by atoms with Gasteiger partial charge in [-0.05, 0) is 30.2 Å². The van der Waals surface area contributed by atoms with Crippen molar-refractivity contribution in [3.63, 3.8) is 0 Å². The number of methoxy groups -OCH3 is 1. The molecule has 3 nitrogen and oxygen atoms in total. The summed E-state index contributed by atoms with van der Waals surface area (Å²) in [5, 5.41) is 3.37. The van der Waals surface area contributed by atoms with E-state index in [0.717, 1.165) is 30.2 Å². The molecule has 0 spiro atoms. The van der Waals surface area contributed by atoms with Crippen molar-refractivity contribution in [3.8, 4) is 11.5 Å². The average Bonchev–Trinajstić information content (AvgIpc) is 2.44. The zero-order valence-electron chi connectivity index (χ0n) is 12.7. The van der Waals surface area contributed by atoms with E-state index in [0.29, 0.717) is 12.5 Å². The molecule has 0 saturated heterocycles. The minimum Gasteiger partial charge on any atom is -0.493 e. The van der Waals surface area contributed by atoms with Crippen LogP contribution in [-0.4, -0.2) is 26.8 Å². The average molecular weight is 275 g/mol. The summed E-state index contributed by atoms with van der Waals surface area (Å²) >= 11 is 0. The Morgan fingerprint density at radius 2 is 2.10 bits per heavy atom. The zero-order valence-corrected chi connectivity index (χ0v) is 12.7. The standard InChI is InChI=1S/C17H25NO2/c1-5-11-20-16-9-8-15(12-17(16)19-4)7-6-10-18-13-14(2)3/h5-9,12,14,18H,1,10-11,13H2,2-4H3. The van der Waals surface area contributed by atoms with Gasteiger partial charge >= 0.3 is 0 Å². The van der Waals surface area contributed by atoms with Crippen LogP contribution in [-0.2, 0) is 0 Å². The maximum absolute atomic E-state index is 5.52. The molecular weight excluding hydrogens is 250 g/mol. The molecule has 1 aromatic carbocycles. The molecule has 0 bridgehead atoms. The van der Waals surface area contributed by atoms with Crippen molar-refractivity contribution in [2.24, 2.45) is 5.92 Å². The molecule has 1 N–H and O–H groups in total. The Bertz CT molecular complexity index is 439. The third kappa shape index (κ3) is 5.93. The first kappa shape index (κ1) is 16.3. The molecule has 0 fully saturated rings. The normalized spacial score (nSPS) is 11.0. The number of rotatable bonds is 9. The SMILES string of the molecule is C=CCOc1ccc(C=CCNCC(C)C)cc1OC. The second-order valence-corrected chi connectivity index (χ2v) is 4.96.